The molecule has 1 rings (SSSR count). The van der Waals surface area contributed by atoms with E-state index in [-0.39, 0.29) is 18.5 Å². The first-order chi connectivity index (χ1) is 7.49. The summed E-state index contributed by atoms with van der Waals surface area (Å²) in [5.74, 6) is -0.770. The maximum Gasteiger partial charge on any atom is 0.303 e. The van der Waals surface area contributed by atoms with Crippen LogP contribution >= 0.6 is 11.3 Å². The lowest BCUT2D eigenvalue weighted by molar-refractivity contribution is -0.156. The molecule has 1 aromatic heterocycles. The molecule has 1 atom stereocenters. The van der Waals surface area contributed by atoms with Crippen LogP contribution in [-0.2, 0) is 19.1 Å². The van der Waals surface area contributed by atoms with Crippen molar-refractivity contribution in [2.45, 2.75) is 26.9 Å². The fraction of sp³-hybridized carbons (Fsp3) is 0.455. The van der Waals surface area contributed by atoms with Gasteiger partial charge in [0.2, 0.25) is 0 Å². The van der Waals surface area contributed by atoms with Gasteiger partial charge in [0.25, 0.3) is 0 Å². The quantitative estimate of drug-likeness (QED) is 0.760. The zero-order valence-electron chi connectivity index (χ0n) is 9.48. The van der Waals surface area contributed by atoms with Gasteiger partial charge in [-0.2, -0.15) is 0 Å². The van der Waals surface area contributed by atoms with Gasteiger partial charge in [0, 0.05) is 23.6 Å². The normalized spacial score (nSPS) is 11.9. The molecule has 16 heavy (non-hydrogen) atoms. The number of hydrogen-bond donors (Lipinski definition) is 0. The van der Waals surface area contributed by atoms with Gasteiger partial charge in [-0.15, -0.1) is 11.3 Å². The fourth-order valence-corrected chi connectivity index (χ4v) is 2.09. The standard InChI is InChI=1S/C11H14O4S/c1-7-4-5-11(16-7)10(15-9(3)13)6-14-8(2)12/h4-5,10H,6H2,1-3H3/t10-/m1/s1. The van der Waals surface area contributed by atoms with Gasteiger partial charge in [-0.1, -0.05) is 0 Å². The van der Waals surface area contributed by atoms with Crippen LogP contribution in [0.3, 0.4) is 0 Å². The summed E-state index contributed by atoms with van der Waals surface area (Å²) in [5, 5.41) is 0. The van der Waals surface area contributed by atoms with Gasteiger partial charge in [0.1, 0.15) is 6.61 Å². The Morgan fingerprint density at radius 1 is 1.31 bits per heavy atom. The predicted octanol–water partition coefficient (Wildman–Crippen LogP) is 2.22. The Labute approximate surface area is 98.2 Å². The van der Waals surface area contributed by atoms with Crippen molar-refractivity contribution < 1.29 is 19.1 Å². The van der Waals surface area contributed by atoms with Crippen molar-refractivity contribution in [3.8, 4) is 0 Å². The molecule has 88 valence electrons. The molecule has 0 unspecified atom stereocenters. The first kappa shape index (κ1) is 12.7. The van der Waals surface area contributed by atoms with Crippen molar-refractivity contribution in [2.75, 3.05) is 6.61 Å². The molecule has 0 saturated carbocycles. The lowest BCUT2D eigenvalue weighted by Gasteiger charge is -2.14. The Bertz CT molecular complexity index is 383. The third-order valence-electron chi connectivity index (χ3n) is 1.82. The highest BCUT2D eigenvalue weighted by molar-refractivity contribution is 7.12. The summed E-state index contributed by atoms with van der Waals surface area (Å²) >= 11 is 1.52. The van der Waals surface area contributed by atoms with Crippen LogP contribution in [0.2, 0.25) is 0 Å². The zero-order chi connectivity index (χ0) is 12.1. The Morgan fingerprint density at radius 3 is 2.44 bits per heavy atom. The van der Waals surface area contributed by atoms with Gasteiger partial charge < -0.3 is 9.47 Å². The maximum absolute atomic E-state index is 10.9. The molecule has 0 spiro atoms. The van der Waals surface area contributed by atoms with E-state index in [4.69, 9.17) is 9.47 Å². The Hall–Kier alpha value is -1.36. The van der Waals surface area contributed by atoms with E-state index in [2.05, 4.69) is 0 Å². The number of carbonyl (C=O) groups is 2. The maximum atomic E-state index is 10.9. The lowest BCUT2D eigenvalue weighted by atomic mass is 10.3. The average Bonchev–Trinajstić information content (AvgIpc) is 2.58. The highest BCUT2D eigenvalue weighted by atomic mass is 32.1. The summed E-state index contributed by atoms with van der Waals surface area (Å²) in [7, 11) is 0. The molecule has 0 fully saturated rings. The third-order valence-corrected chi connectivity index (χ3v) is 2.92. The summed E-state index contributed by atoms with van der Waals surface area (Å²) in [5.41, 5.74) is 0. The van der Waals surface area contributed by atoms with E-state index < -0.39 is 6.10 Å². The molecule has 0 N–H and O–H groups in total. The van der Waals surface area contributed by atoms with Crippen molar-refractivity contribution in [1.82, 2.24) is 0 Å². The van der Waals surface area contributed by atoms with Gasteiger partial charge in [0.05, 0.1) is 0 Å². The second kappa shape index (κ2) is 5.65. The van der Waals surface area contributed by atoms with Crippen LogP contribution < -0.4 is 0 Å². The van der Waals surface area contributed by atoms with Crippen LogP contribution in [0.4, 0.5) is 0 Å². The van der Waals surface area contributed by atoms with Crippen LogP contribution in [0.5, 0.6) is 0 Å². The Balaban J connectivity index is 2.70. The number of rotatable bonds is 4. The molecule has 0 aromatic carbocycles. The van der Waals surface area contributed by atoms with Gasteiger partial charge in [0.15, 0.2) is 6.10 Å². The van der Waals surface area contributed by atoms with E-state index in [1.165, 1.54) is 25.2 Å². The molecular weight excluding hydrogens is 228 g/mol. The lowest BCUT2D eigenvalue weighted by Crippen LogP contribution is -2.15. The summed E-state index contributed by atoms with van der Waals surface area (Å²) in [6.45, 7) is 4.69. The SMILES string of the molecule is CC(=O)OC[C@@H](OC(C)=O)c1ccc(C)s1. The van der Waals surface area contributed by atoms with Gasteiger partial charge in [-0.05, 0) is 19.1 Å². The second-order valence-electron chi connectivity index (χ2n) is 3.35. The van der Waals surface area contributed by atoms with Crippen LogP contribution in [0.1, 0.15) is 29.7 Å². The van der Waals surface area contributed by atoms with E-state index in [1.54, 1.807) is 0 Å². The summed E-state index contributed by atoms with van der Waals surface area (Å²) in [4.78, 5) is 23.6. The summed E-state index contributed by atoms with van der Waals surface area (Å²) in [6.07, 6.45) is -0.500. The highest BCUT2D eigenvalue weighted by Gasteiger charge is 2.18. The smallest absolute Gasteiger partial charge is 0.303 e. The molecule has 4 nitrogen and oxygen atoms in total. The van der Waals surface area contributed by atoms with Crippen LogP contribution in [-0.4, -0.2) is 18.5 Å². The van der Waals surface area contributed by atoms with Crippen molar-refractivity contribution in [2.24, 2.45) is 0 Å². The number of carbonyl (C=O) groups excluding carboxylic acids is 2. The molecule has 0 saturated heterocycles. The van der Waals surface area contributed by atoms with Gasteiger partial charge >= 0.3 is 11.9 Å². The zero-order valence-corrected chi connectivity index (χ0v) is 10.3. The largest absolute Gasteiger partial charge is 0.462 e. The number of esters is 2. The number of hydrogen-bond acceptors (Lipinski definition) is 5. The van der Waals surface area contributed by atoms with Crippen molar-refractivity contribution in [3.05, 3.63) is 21.9 Å². The van der Waals surface area contributed by atoms with E-state index in [0.29, 0.717) is 0 Å². The first-order valence-corrected chi connectivity index (χ1v) is 5.67. The van der Waals surface area contributed by atoms with Crippen molar-refractivity contribution >= 4 is 23.3 Å². The molecule has 0 aliphatic heterocycles. The molecule has 0 aliphatic rings. The van der Waals surface area contributed by atoms with Gasteiger partial charge in [-0.3, -0.25) is 9.59 Å². The molecule has 1 heterocycles. The Kier molecular flexibility index (Phi) is 4.49. The van der Waals surface area contributed by atoms with Crippen molar-refractivity contribution in [1.29, 1.82) is 0 Å². The first-order valence-electron chi connectivity index (χ1n) is 4.86. The third kappa shape index (κ3) is 4.02. The van der Waals surface area contributed by atoms with E-state index in [1.807, 2.05) is 19.1 Å². The minimum absolute atomic E-state index is 0.0644. The monoisotopic (exact) mass is 242 g/mol. The minimum atomic E-state index is -0.500. The molecule has 0 amide bonds. The number of thiophene rings is 1. The van der Waals surface area contributed by atoms with Crippen LogP contribution in [0.25, 0.3) is 0 Å². The molecule has 0 bridgehead atoms. The van der Waals surface area contributed by atoms with Crippen LogP contribution in [0.15, 0.2) is 12.1 Å². The molecule has 5 heteroatoms. The summed E-state index contributed by atoms with van der Waals surface area (Å²) < 4.78 is 9.95. The second-order valence-corrected chi connectivity index (χ2v) is 4.67. The number of aryl methyl sites for hydroxylation is 1. The molecule has 0 aliphatic carbocycles. The highest BCUT2D eigenvalue weighted by Crippen LogP contribution is 2.26. The topological polar surface area (TPSA) is 52.6 Å². The number of ether oxygens (including phenoxy) is 2. The van der Waals surface area contributed by atoms with E-state index in [0.717, 1.165) is 9.75 Å². The van der Waals surface area contributed by atoms with Crippen LogP contribution in [0, 0.1) is 6.92 Å². The minimum Gasteiger partial charge on any atom is -0.462 e. The van der Waals surface area contributed by atoms with E-state index in [9.17, 15) is 9.59 Å². The average molecular weight is 242 g/mol. The fourth-order valence-electron chi connectivity index (χ4n) is 1.19. The van der Waals surface area contributed by atoms with E-state index >= 15 is 0 Å². The van der Waals surface area contributed by atoms with Crippen molar-refractivity contribution in [3.63, 3.8) is 0 Å². The molecule has 0 radical (unpaired) electrons. The predicted molar refractivity (Wildman–Crippen MR) is 60.2 cm³/mol. The van der Waals surface area contributed by atoms with Gasteiger partial charge in [-0.25, -0.2) is 0 Å². The molecule has 1 aromatic rings. The molecular formula is C11H14O4S. The summed E-state index contributed by atoms with van der Waals surface area (Å²) in [6, 6.07) is 3.81. The Morgan fingerprint density at radius 2 is 2.00 bits per heavy atom.